The maximum atomic E-state index is 10.5. The molecule has 0 aliphatic carbocycles. The summed E-state index contributed by atoms with van der Waals surface area (Å²) in [5.74, 6) is -0.371. The lowest BCUT2D eigenvalue weighted by atomic mass is 10.2. The summed E-state index contributed by atoms with van der Waals surface area (Å²) in [7, 11) is 1.45. The molecule has 1 saturated heterocycles. The van der Waals surface area contributed by atoms with Gasteiger partial charge in [-0.3, -0.25) is 9.59 Å². The van der Waals surface area contributed by atoms with Crippen LogP contribution in [0.4, 0.5) is 0 Å². The largest absolute Gasteiger partial charge is 0.452 e. The Balaban J connectivity index is 2.56. The van der Waals surface area contributed by atoms with Crippen molar-refractivity contribution in [3.63, 3.8) is 0 Å². The quantitative estimate of drug-likeness (QED) is 0.388. The van der Waals surface area contributed by atoms with Gasteiger partial charge >= 0.3 is 5.97 Å². The van der Waals surface area contributed by atoms with Gasteiger partial charge in [-0.15, -0.1) is 0 Å². The number of methoxy groups -OCH3 is 1. The summed E-state index contributed by atoms with van der Waals surface area (Å²) in [6.45, 7) is 0. The molecule has 1 aliphatic rings. The first-order valence-electron chi connectivity index (χ1n) is 2.95. The van der Waals surface area contributed by atoms with Crippen molar-refractivity contribution >= 4 is 12.3 Å². The van der Waals surface area contributed by atoms with Crippen molar-refractivity contribution < 1.29 is 19.1 Å². The van der Waals surface area contributed by atoms with E-state index in [-0.39, 0.29) is 18.5 Å². The fourth-order valence-corrected chi connectivity index (χ4v) is 0.889. The van der Waals surface area contributed by atoms with Gasteiger partial charge in [0.25, 0.3) is 0 Å². The third kappa shape index (κ3) is 1.16. The van der Waals surface area contributed by atoms with Gasteiger partial charge in [-0.25, -0.2) is 0 Å². The number of carbonyl (C=O) groups is 2. The van der Waals surface area contributed by atoms with E-state index in [0.717, 1.165) is 0 Å². The Morgan fingerprint density at radius 3 is 2.90 bits per heavy atom. The molecular formula is C6H8O4. The zero-order valence-electron chi connectivity index (χ0n) is 5.57. The van der Waals surface area contributed by atoms with Crippen LogP contribution < -0.4 is 0 Å². The van der Waals surface area contributed by atoms with Crippen molar-refractivity contribution in [2.24, 2.45) is 0 Å². The van der Waals surface area contributed by atoms with Crippen LogP contribution in [0.1, 0.15) is 6.42 Å². The first kappa shape index (κ1) is 7.21. The third-order valence-electron chi connectivity index (χ3n) is 1.44. The first-order chi connectivity index (χ1) is 4.77. The minimum Gasteiger partial charge on any atom is -0.452 e. The zero-order valence-corrected chi connectivity index (χ0v) is 5.57. The van der Waals surface area contributed by atoms with E-state index in [1.54, 1.807) is 0 Å². The van der Waals surface area contributed by atoms with Gasteiger partial charge in [-0.1, -0.05) is 0 Å². The molecule has 0 radical (unpaired) electrons. The highest BCUT2D eigenvalue weighted by Crippen LogP contribution is 2.15. The normalized spacial score (nSPS) is 31.9. The minimum absolute atomic E-state index is 0.180. The predicted octanol–water partition coefficient (Wildman–Crippen LogP) is -0.484. The van der Waals surface area contributed by atoms with Gasteiger partial charge in [0.15, 0.2) is 12.4 Å². The average Bonchev–Trinajstić information content (AvgIpc) is 2.30. The van der Waals surface area contributed by atoms with Crippen LogP contribution in [0, 0.1) is 0 Å². The summed E-state index contributed by atoms with van der Waals surface area (Å²) < 4.78 is 9.39. The van der Waals surface area contributed by atoms with Crippen molar-refractivity contribution in [1.82, 2.24) is 0 Å². The average molecular weight is 144 g/mol. The van der Waals surface area contributed by atoms with Crippen LogP contribution in [0.2, 0.25) is 0 Å². The van der Waals surface area contributed by atoms with Crippen molar-refractivity contribution in [2.45, 2.75) is 18.6 Å². The van der Waals surface area contributed by atoms with Crippen LogP contribution in [0.25, 0.3) is 0 Å². The highest BCUT2D eigenvalue weighted by molar-refractivity contribution is 5.77. The number of rotatable bonds is 2. The molecule has 0 unspecified atom stereocenters. The van der Waals surface area contributed by atoms with Gasteiger partial charge in [0.2, 0.25) is 0 Å². The Bertz CT molecular complexity index is 154. The number of esters is 1. The van der Waals surface area contributed by atoms with Gasteiger partial charge in [0.1, 0.15) is 6.10 Å². The molecular weight excluding hydrogens is 136 g/mol. The van der Waals surface area contributed by atoms with Gasteiger partial charge in [0, 0.05) is 7.11 Å². The standard InChI is InChI=1S/C6H8O4/c1-9-4-2-6(8)10-5(4)3-7/h3-5H,2H2,1H3/t4-,5-/m1/s1. The second kappa shape index (κ2) is 2.79. The van der Waals surface area contributed by atoms with Gasteiger partial charge in [0.05, 0.1) is 6.42 Å². The van der Waals surface area contributed by atoms with Crippen molar-refractivity contribution in [2.75, 3.05) is 7.11 Å². The molecule has 56 valence electrons. The monoisotopic (exact) mass is 144 g/mol. The lowest BCUT2D eigenvalue weighted by Crippen LogP contribution is -2.24. The molecule has 0 spiro atoms. The Kier molecular flexibility index (Phi) is 2.01. The smallest absolute Gasteiger partial charge is 0.309 e. The number of hydrogen-bond donors (Lipinski definition) is 0. The third-order valence-corrected chi connectivity index (χ3v) is 1.44. The fraction of sp³-hybridized carbons (Fsp3) is 0.667. The number of carbonyl (C=O) groups excluding carboxylic acids is 2. The molecule has 4 nitrogen and oxygen atoms in total. The van der Waals surface area contributed by atoms with Crippen molar-refractivity contribution in [1.29, 1.82) is 0 Å². The van der Waals surface area contributed by atoms with Crippen LogP contribution >= 0.6 is 0 Å². The maximum absolute atomic E-state index is 10.5. The number of hydrogen-bond acceptors (Lipinski definition) is 4. The molecule has 0 N–H and O–H groups in total. The Labute approximate surface area is 58.1 Å². The van der Waals surface area contributed by atoms with Crippen LogP contribution in [0.15, 0.2) is 0 Å². The molecule has 0 aromatic carbocycles. The summed E-state index contributed by atoms with van der Waals surface area (Å²) in [4.78, 5) is 20.7. The molecule has 10 heavy (non-hydrogen) atoms. The predicted molar refractivity (Wildman–Crippen MR) is 31.4 cm³/mol. The Morgan fingerprint density at radius 2 is 2.50 bits per heavy atom. The molecule has 0 saturated carbocycles. The molecule has 0 aromatic rings. The molecule has 4 heteroatoms. The molecule has 0 amide bonds. The summed E-state index contributed by atoms with van der Waals surface area (Å²) in [5.41, 5.74) is 0. The lowest BCUT2D eigenvalue weighted by molar-refractivity contribution is -0.144. The fourth-order valence-electron chi connectivity index (χ4n) is 0.889. The zero-order chi connectivity index (χ0) is 7.56. The summed E-state index contributed by atoms with van der Waals surface area (Å²) >= 11 is 0. The number of ether oxygens (including phenoxy) is 2. The molecule has 1 heterocycles. The Hall–Kier alpha value is -0.900. The summed E-state index contributed by atoms with van der Waals surface area (Å²) in [6.07, 6.45) is -0.318. The van der Waals surface area contributed by atoms with E-state index in [2.05, 4.69) is 4.74 Å². The SMILES string of the molecule is CO[C@@H]1CC(=O)O[C@@H]1C=O. The van der Waals surface area contributed by atoms with E-state index < -0.39 is 6.10 Å². The highest BCUT2D eigenvalue weighted by Gasteiger charge is 2.34. The molecule has 1 fully saturated rings. The minimum atomic E-state index is -0.697. The highest BCUT2D eigenvalue weighted by atomic mass is 16.6. The van der Waals surface area contributed by atoms with Gasteiger partial charge in [-0.05, 0) is 0 Å². The van der Waals surface area contributed by atoms with E-state index in [9.17, 15) is 9.59 Å². The van der Waals surface area contributed by atoms with Crippen LogP contribution in [0.5, 0.6) is 0 Å². The van der Waals surface area contributed by atoms with Crippen LogP contribution in [-0.2, 0) is 19.1 Å². The molecule has 0 aromatic heterocycles. The van der Waals surface area contributed by atoms with Crippen LogP contribution in [0.3, 0.4) is 0 Å². The molecule has 1 aliphatic heterocycles. The molecule has 2 atom stereocenters. The second-order valence-electron chi connectivity index (χ2n) is 2.07. The lowest BCUT2D eigenvalue weighted by Gasteiger charge is -2.07. The summed E-state index contributed by atoms with van der Waals surface area (Å²) in [5, 5.41) is 0. The molecule has 0 bridgehead atoms. The van der Waals surface area contributed by atoms with Crippen molar-refractivity contribution in [3.8, 4) is 0 Å². The Morgan fingerprint density at radius 1 is 1.80 bits per heavy atom. The van der Waals surface area contributed by atoms with Crippen molar-refractivity contribution in [3.05, 3.63) is 0 Å². The van der Waals surface area contributed by atoms with Crippen LogP contribution in [-0.4, -0.2) is 31.6 Å². The number of cyclic esters (lactones) is 1. The maximum Gasteiger partial charge on any atom is 0.309 e. The van der Waals surface area contributed by atoms with E-state index in [4.69, 9.17) is 4.74 Å². The second-order valence-corrected chi connectivity index (χ2v) is 2.07. The van der Waals surface area contributed by atoms with E-state index in [1.807, 2.05) is 0 Å². The summed E-state index contributed by atoms with van der Waals surface area (Å²) in [6, 6.07) is 0. The van der Waals surface area contributed by atoms with E-state index >= 15 is 0 Å². The molecule has 1 rings (SSSR count). The van der Waals surface area contributed by atoms with Gasteiger partial charge < -0.3 is 9.47 Å². The topological polar surface area (TPSA) is 52.6 Å². The van der Waals surface area contributed by atoms with Gasteiger partial charge in [-0.2, -0.15) is 0 Å². The van der Waals surface area contributed by atoms with E-state index in [1.165, 1.54) is 7.11 Å². The van der Waals surface area contributed by atoms with E-state index in [0.29, 0.717) is 6.29 Å². The number of aldehydes is 1. The first-order valence-corrected chi connectivity index (χ1v) is 2.95.